The molecule has 116 valence electrons. The first-order chi connectivity index (χ1) is 10.4. The maximum absolute atomic E-state index is 13.6. The molecule has 5 nitrogen and oxygen atoms in total. The first-order valence-electron chi connectivity index (χ1n) is 6.74. The standard InChI is InChI=1S/C15H16F2N4O/c1-8(2)18-14(22)12-7-9(3)19-15(20-12)21-13-10(16)5-4-6-11(13)17/h4-8H,1-3H3,(H,18,22)(H,19,20,21). The molecule has 0 atom stereocenters. The molecule has 0 radical (unpaired) electrons. The van der Waals surface area contributed by atoms with Gasteiger partial charge in [-0.2, -0.15) is 0 Å². The van der Waals surface area contributed by atoms with Gasteiger partial charge in [-0.25, -0.2) is 18.7 Å². The van der Waals surface area contributed by atoms with Gasteiger partial charge in [0.1, 0.15) is 23.0 Å². The number of anilines is 2. The Morgan fingerprint density at radius 2 is 1.82 bits per heavy atom. The lowest BCUT2D eigenvalue weighted by Gasteiger charge is -2.11. The van der Waals surface area contributed by atoms with Crippen molar-refractivity contribution < 1.29 is 13.6 Å². The summed E-state index contributed by atoms with van der Waals surface area (Å²) in [5, 5.41) is 5.17. The van der Waals surface area contributed by atoms with Crippen LogP contribution in [0, 0.1) is 18.6 Å². The van der Waals surface area contributed by atoms with Gasteiger partial charge in [0.2, 0.25) is 5.95 Å². The summed E-state index contributed by atoms with van der Waals surface area (Å²) in [7, 11) is 0. The Balaban J connectivity index is 2.32. The van der Waals surface area contributed by atoms with Gasteiger partial charge in [0.25, 0.3) is 5.91 Å². The average molecular weight is 306 g/mol. The molecule has 0 saturated heterocycles. The zero-order chi connectivity index (χ0) is 16.3. The summed E-state index contributed by atoms with van der Waals surface area (Å²) in [6.45, 7) is 5.30. The van der Waals surface area contributed by atoms with Crippen molar-refractivity contribution in [2.24, 2.45) is 0 Å². The quantitative estimate of drug-likeness (QED) is 0.911. The van der Waals surface area contributed by atoms with Crippen molar-refractivity contribution in [3.8, 4) is 0 Å². The number of carbonyl (C=O) groups is 1. The number of halogens is 2. The molecule has 2 aromatic rings. The number of aromatic nitrogens is 2. The molecule has 0 spiro atoms. The van der Waals surface area contributed by atoms with Gasteiger partial charge < -0.3 is 10.6 Å². The summed E-state index contributed by atoms with van der Waals surface area (Å²) < 4.78 is 27.3. The fourth-order valence-corrected chi connectivity index (χ4v) is 1.81. The Morgan fingerprint density at radius 3 is 2.41 bits per heavy atom. The van der Waals surface area contributed by atoms with Gasteiger partial charge in [0, 0.05) is 11.7 Å². The second-order valence-corrected chi connectivity index (χ2v) is 5.07. The maximum atomic E-state index is 13.6. The summed E-state index contributed by atoms with van der Waals surface area (Å²) in [5.41, 5.74) is 0.270. The van der Waals surface area contributed by atoms with Crippen molar-refractivity contribution >= 4 is 17.5 Å². The van der Waals surface area contributed by atoms with Crippen LogP contribution in [-0.4, -0.2) is 21.9 Å². The number of aryl methyl sites for hydroxylation is 1. The van der Waals surface area contributed by atoms with Crippen molar-refractivity contribution in [1.82, 2.24) is 15.3 Å². The summed E-state index contributed by atoms with van der Waals surface area (Å²) in [6.07, 6.45) is 0. The second-order valence-electron chi connectivity index (χ2n) is 5.07. The monoisotopic (exact) mass is 306 g/mol. The predicted molar refractivity (Wildman–Crippen MR) is 79.0 cm³/mol. The fourth-order valence-electron chi connectivity index (χ4n) is 1.81. The van der Waals surface area contributed by atoms with Crippen molar-refractivity contribution in [3.63, 3.8) is 0 Å². The summed E-state index contributed by atoms with van der Waals surface area (Å²) >= 11 is 0. The Bertz CT molecular complexity index is 684. The number of nitrogens with zero attached hydrogens (tertiary/aromatic N) is 2. The molecule has 0 aliphatic rings. The minimum absolute atomic E-state index is 0.0436. The van der Waals surface area contributed by atoms with Crippen molar-refractivity contribution in [2.45, 2.75) is 26.8 Å². The number of carbonyl (C=O) groups excluding carboxylic acids is 1. The van der Waals surface area contributed by atoms with Gasteiger partial charge >= 0.3 is 0 Å². The SMILES string of the molecule is Cc1cc(C(=O)NC(C)C)nc(Nc2c(F)cccc2F)n1. The van der Waals surface area contributed by atoms with E-state index in [4.69, 9.17) is 0 Å². The number of benzene rings is 1. The van der Waals surface area contributed by atoms with Crippen molar-refractivity contribution in [1.29, 1.82) is 0 Å². The van der Waals surface area contributed by atoms with Gasteiger partial charge in [-0.15, -0.1) is 0 Å². The molecule has 0 saturated carbocycles. The Hall–Kier alpha value is -2.57. The van der Waals surface area contributed by atoms with Gasteiger partial charge in [0.15, 0.2) is 0 Å². The van der Waals surface area contributed by atoms with E-state index in [1.54, 1.807) is 6.92 Å². The third-order valence-electron chi connectivity index (χ3n) is 2.71. The third-order valence-corrected chi connectivity index (χ3v) is 2.71. The van der Waals surface area contributed by atoms with E-state index in [1.165, 1.54) is 12.1 Å². The molecular weight excluding hydrogens is 290 g/mol. The minimum atomic E-state index is -0.765. The van der Waals surface area contributed by atoms with Gasteiger partial charge in [-0.3, -0.25) is 4.79 Å². The molecule has 2 N–H and O–H groups in total. The molecule has 1 amide bonds. The van der Waals surface area contributed by atoms with Crippen LogP contribution in [-0.2, 0) is 0 Å². The van der Waals surface area contributed by atoms with E-state index in [0.717, 1.165) is 12.1 Å². The van der Waals surface area contributed by atoms with E-state index < -0.39 is 11.6 Å². The summed E-state index contributed by atoms with van der Waals surface area (Å²) in [6, 6.07) is 4.94. The van der Waals surface area contributed by atoms with Crippen molar-refractivity contribution in [2.75, 3.05) is 5.32 Å². The first kappa shape index (κ1) is 15.8. The number of para-hydroxylation sites is 1. The van der Waals surface area contributed by atoms with Crippen LogP contribution in [0.2, 0.25) is 0 Å². The van der Waals surface area contributed by atoms with Crippen LogP contribution in [0.1, 0.15) is 30.0 Å². The van der Waals surface area contributed by atoms with E-state index in [-0.39, 0.29) is 29.3 Å². The van der Waals surface area contributed by atoms with Crippen LogP contribution < -0.4 is 10.6 Å². The first-order valence-corrected chi connectivity index (χ1v) is 6.74. The molecule has 22 heavy (non-hydrogen) atoms. The van der Waals surface area contributed by atoms with Crippen LogP contribution in [0.5, 0.6) is 0 Å². The summed E-state index contributed by atoms with van der Waals surface area (Å²) in [5.74, 6) is -1.95. The smallest absolute Gasteiger partial charge is 0.270 e. The van der Waals surface area contributed by atoms with Crippen LogP contribution in [0.15, 0.2) is 24.3 Å². The van der Waals surface area contributed by atoms with Crippen molar-refractivity contribution in [3.05, 3.63) is 47.3 Å². The second kappa shape index (κ2) is 6.46. The lowest BCUT2D eigenvalue weighted by molar-refractivity contribution is 0.0938. The summed E-state index contributed by atoms with van der Waals surface area (Å²) in [4.78, 5) is 20.0. The third kappa shape index (κ3) is 3.75. The van der Waals surface area contributed by atoms with E-state index >= 15 is 0 Å². The van der Waals surface area contributed by atoms with E-state index in [1.807, 2.05) is 13.8 Å². The lowest BCUT2D eigenvalue weighted by Crippen LogP contribution is -2.31. The highest BCUT2D eigenvalue weighted by molar-refractivity contribution is 5.92. The fraction of sp³-hybridized carbons (Fsp3) is 0.267. The highest BCUT2D eigenvalue weighted by Gasteiger charge is 2.14. The molecule has 0 fully saturated rings. The normalized spacial score (nSPS) is 10.6. The minimum Gasteiger partial charge on any atom is -0.349 e. The van der Waals surface area contributed by atoms with E-state index in [0.29, 0.717) is 5.69 Å². The molecule has 1 aromatic heterocycles. The zero-order valence-corrected chi connectivity index (χ0v) is 12.4. The van der Waals surface area contributed by atoms with Crippen LogP contribution in [0.25, 0.3) is 0 Å². The van der Waals surface area contributed by atoms with Gasteiger partial charge in [-0.1, -0.05) is 6.07 Å². The maximum Gasteiger partial charge on any atom is 0.270 e. The van der Waals surface area contributed by atoms with E-state index in [9.17, 15) is 13.6 Å². The van der Waals surface area contributed by atoms with Crippen LogP contribution >= 0.6 is 0 Å². The molecule has 0 unspecified atom stereocenters. The number of amides is 1. The molecule has 0 bridgehead atoms. The highest BCUT2D eigenvalue weighted by Crippen LogP contribution is 2.21. The molecule has 0 aliphatic heterocycles. The Morgan fingerprint density at radius 1 is 1.18 bits per heavy atom. The molecule has 2 rings (SSSR count). The largest absolute Gasteiger partial charge is 0.349 e. The highest BCUT2D eigenvalue weighted by atomic mass is 19.1. The number of hydrogen-bond donors (Lipinski definition) is 2. The van der Waals surface area contributed by atoms with Gasteiger partial charge in [-0.05, 0) is 39.0 Å². The van der Waals surface area contributed by atoms with Crippen LogP contribution in [0.3, 0.4) is 0 Å². The average Bonchev–Trinajstić information content (AvgIpc) is 2.42. The molecule has 1 heterocycles. The molecule has 7 heteroatoms. The lowest BCUT2D eigenvalue weighted by atomic mass is 10.3. The Labute approximate surface area is 126 Å². The van der Waals surface area contributed by atoms with Crippen LogP contribution in [0.4, 0.5) is 20.4 Å². The zero-order valence-electron chi connectivity index (χ0n) is 12.4. The number of hydrogen-bond acceptors (Lipinski definition) is 4. The van der Waals surface area contributed by atoms with E-state index in [2.05, 4.69) is 20.6 Å². The molecule has 0 aliphatic carbocycles. The topological polar surface area (TPSA) is 66.9 Å². The number of rotatable bonds is 4. The van der Waals surface area contributed by atoms with Gasteiger partial charge in [0.05, 0.1) is 0 Å². The number of nitrogens with one attached hydrogen (secondary N) is 2. The molecular formula is C15H16F2N4O. The predicted octanol–water partition coefficient (Wildman–Crippen LogP) is 2.95. The molecule has 1 aromatic carbocycles. The Kier molecular flexibility index (Phi) is 4.65.